The Morgan fingerprint density at radius 1 is 1.25 bits per heavy atom. The molecule has 6 nitrogen and oxygen atoms in total. The fourth-order valence-electron chi connectivity index (χ4n) is 3.13. The summed E-state index contributed by atoms with van der Waals surface area (Å²) in [5.41, 5.74) is -0.366. The van der Waals surface area contributed by atoms with Crippen LogP contribution < -0.4 is 16.0 Å². The first kappa shape index (κ1) is 18.0. The predicted octanol–water partition coefficient (Wildman–Crippen LogP) is 2.34. The number of benzene rings is 1. The van der Waals surface area contributed by atoms with Crippen molar-refractivity contribution < 1.29 is 19.1 Å². The second-order valence-electron chi connectivity index (χ2n) is 6.25. The highest BCUT2D eigenvalue weighted by Crippen LogP contribution is 2.28. The van der Waals surface area contributed by atoms with Crippen molar-refractivity contribution in [3.8, 4) is 5.75 Å². The number of carbonyl (C=O) groups is 2. The molecule has 3 amide bonds. The normalized spacial score (nSPS) is 17.6. The molecule has 0 radical (unpaired) electrons. The van der Waals surface area contributed by atoms with Crippen LogP contribution in [0.4, 0.5) is 9.18 Å². The maximum Gasteiger partial charge on any atom is 0.316 e. The summed E-state index contributed by atoms with van der Waals surface area (Å²) < 4.78 is 13.4. The van der Waals surface area contributed by atoms with Gasteiger partial charge in [0, 0.05) is 7.05 Å². The van der Waals surface area contributed by atoms with Gasteiger partial charge in [0.1, 0.15) is 5.54 Å². The first-order chi connectivity index (χ1) is 11.4. The van der Waals surface area contributed by atoms with Crippen molar-refractivity contribution in [3.63, 3.8) is 0 Å². The van der Waals surface area contributed by atoms with Crippen molar-refractivity contribution in [1.82, 2.24) is 16.0 Å². The second-order valence-corrected chi connectivity index (χ2v) is 6.25. The Morgan fingerprint density at radius 3 is 2.50 bits per heavy atom. The Bertz CT molecular complexity index is 615. The number of phenols is 1. The van der Waals surface area contributed by atoms with Crippen LogP contribution in [0.15, 0.2) is 18.2 Å². The quantitative estimate of drug-likeness (QED) is 0.680. The Hall–Kier alpha value is -2.31. The number of hydrogen-bond acceptors (Lipinski definition) is 3. The van der Waals surface area contributed by atoms with E-state index in [1.165, 1.54) is 12.1 Å². The maximum atomic E-state index is 13.4. The van der Waals surface area contributed by atoms with Crippen molar-refractivity contribution in [3.05, 3.63) is 29.6 Å². The molecule has 24 heavy (non-hydrogen) atoms. The summed E-state index contributed by atoms with van der Waals surface area (Å²) in [4.78, 5) is 24.6. The number of aromatic hydroxyl groups is 1. The van der Waals surface area contributed by atoms with Crippen LogP contribution in [0.2, 0.25) is 0 Å². The van der Waals surface area contributed by atoms with Crippen LogP contribution in [0, 0.1) is 5.82 Å². The molecule has 0 aliphatic heterocycles. The summed E-state index contributed by atoms with van der Waals surface area (Å²) in [7, 11) is 1.56. The number of likely N-dealkylation sites (N-methyl/N-ethyl adjacent to an activating group) is 1. The van der Waals surface area contributed by atoms with Gasteiger partial charge in [0.25, 0.3) is 0 Å². The first-order valence-corrected chi connectivity index (χ1v) is 8.17. The van der Waals surface area contributed by atoms with Crippen LogP contribution in [0.3, 0.4) is 0 Å². The van der Waals surface area contributed by atoms with E-state index < -0.39 is 29.2 Å². The number of hydrogen-bond donors (Lipinski definition) is 4. The summed E-state index contributed by atoms with van der Waals surface area (Å²) in [6.07, 6.45) is 4.01. The van der Waals surface area contributed by atoms with Gasteiger partial charge in [-0.15, -0.1) is 0 Å². The van der Waals surface area contributed by atoms with Gasteiger partial charge in [-0.05, 0) is 37.5 Å². The van der Waals surface area contributed by atoms with E-state index in [-0.39, 0.29) is 5.91 Å². The molecule has 1 saturated carbocycles. The molecule has 0 bridgehead atoms. The zero-order chi connectivity index (χ0) is 17.7. The number of carbonyl (C=O) groups excluding carboxylic acids is 2. The van der Waals surface area contributed by atoms with Gasteiger partial charge in [0.15, 0.2) is 11.6 Å². The molecule has 0 aromatic heterocycles. The lowest BCUT2D eigenvalue weighted by Gasteiger charge is -2.36. The topological polar surface area (TPSA) is 90.5 Å². The fourth-order valence-corrected chi connectivity index (χ4v) is 3.13. The molecular formula is C17H24FN3O3. The SMILES string of the molecule is CNC(=O)C1(NC(=O)N[C@H](C)c2ccc(O)c(F)c2)CCCCC1. The predicted molar refractivity (Wildman–Crippen MR) is 88.0 cm³/mol. The minimum absolute atomic E-state index is 0.194. The molecule has 1 aromatic carbocycles. The number of rotatable bonds is 4. The molecule has 0 spiro atoms. The van der Waals surface area contributed by atoms with E-state index >= 15 is 0 Å². The molecule has 1 aromatic rings. The van der Waals surface area contributed by atoms with Crippen LogP contribution in [0.5, 0.6) is 5.75 Å². The summed E-state index contributed by atoms with van der Waals surface area (Å²) in [6.45, 7) is 1.71. The Labute approximate surface area is 140 Å². The lowest BCUT2D eigenvalue weighted by Crippen LogP contribution is -2.61. The van der Waals surface area contributed by atoms with E-state index in [9.17, 15) is 19.1 Å². The summed E-state index contributed by atoms with van der Waals surface area (Å²) >= 11 is 0. The van der Waals surface area contributed by atoms with Crippen molar-refractivity contribution >= 4 is 11.9 Å². The van der Waals surface area contributed by atoms with Crippen molar-refractivity contribution in [2.24, 2.45) is 0 Å². The molecule has 4 N–H and O–H groups in total. The van der Waals surface area contributed by atoms with Crippen LogP contribution in [-0.4, -0.2) is 29.6 Å². The van der Waals surface area contributed by atoms with Gasteiger partial charge >= 0.3 is 6.03 Å². The van der Waals surface area contributed by atoms with Crippen molar-refractivity contribution in [2.75, 3.05) is 7.05 Å². The zero-order valence-electron chi connectivity index (χ0n) is 14.0. The molecule has 0 heterocycles. The average molecular weight is 337 g/mol. The number of amides is 3. The standard InChI is InChI=1S/C17H24FN3O3/c1-11(12-6-7-14(22)13(18)10-12)20-16(24)21-17(15(23)19-2)8-4-3-5-9-17/h6-7,10-11,22H,3-5,8-9H2,1-2H3,(H,19,23)(H2,20,21,24)/t11-/m1/s1. The van der Waals surface area contributed by atoms with Gasteiger partial charge in [-0.25, -0.2) is 9.18 Å². The van der Waals surface area contributed by atoms with E-state index in [1.54, 1.807) is 20.0 Å². The third-order valence-electron chi connectivity index (χ3n) is 4.54. The molecule has 1 aliphatic rings. The number of halogens is 1. The van der Waals surface area contributed by atoms with Gasteiger partial charge in [-0.1, -0.05) is 25.3 Å². The molecule has 1 atom stereocenters. The molecule has 7 heteroatoms. The van der Waals surface area contributed by atoms with Gasteiger partial charge in [0.2, 0.25) is 5.91 Å². The molecule has 132 valence electrons. The molecule has 2 rings (SSSR count). The van der Waals surface area contributed by atoms with Crippen molar-refractivity contribution in [2.45, 2.75) is 50.6 Å². The highest BCUT2D eigenvalue weighted by molar-refractivity contribution is 5.91. The minimum atomic E-state index is -0.892. The van der Waals surface area contributed by atoms with E-state index in [4.69, 9.17) is 0 Å². The largest absolute Gasteiger partial charge is 0.505 e. The monoisotopic (exact) mass is 337 g/mol. The highest BCUT2D eigenvalue weighted by Gasteiger charge is 2.40. The number of nitrogens with one attached hydrogen (secondary N) is 3. The average Bonchev–Trinajstić information content (AvgIpc) is 2.57. The van der Waals surface area contributed by atoms with E-state index in [0.29, 0.717) is 18.4 Å². The van der Waals surface area contributed by atoms with E-state index in [0.717, 1.165) is 19.3 Å². The van der Waals surface area contributed by atoms with Crippen LogP contribution in [0.1, 0.15) is 50.6 Å². The third kappa shape index (κ3) is 3.96. The Kier molecular flexibility index (Phi) is 5.64. The lowest BCUT2D eigenvalue weighted by molar-refractivity contribution is -0.128. The second kappa shape index (κ2) is 7.51. The molecule has 0 saturated heterocycles. The lowest BCUT2D eigenvalue weighted by atomic mass is 9.81. The van der Waals surface area contributed by atoms with Gasteiger partial charge in [0.05, 0.1) is 6.04 Å². The molecule has 1 aliphatic carbocycles. The van der Waals surface area contributed by atoms with Crippen LogP contribution >= 0.6 is 0 Å². The molecular weight excluding hydrogens is 313 g/mol. The van der Waals surface area contributed by atoms with Gasteiger partial charge < -0.3 is 21.1 Å². The summed E-state index contributed by atoms with van der Waals surface area (Å²) in [5.74, 6) is -1.37. The van der Waals surface area contributed by atoms with Crippen LogP contribution in [-0.2, 0) is 4.79 Å². The van der Waals surface area contributed by atoms with E-state index in [1.807, 2.05) is 0 Å². The van der Waals surface area contributed by atoms with Gasteiger partial charge in [-0.3, -0.25) is 4.79 Å². The van der Waals surface area contributed by atoms with Crippen molar-refractivity contribution in [1.29, 1.82) is 0 Å². The Morgan fingerprint density at radius 2 is 1.92 bits per heavy atom. The number of urea groups is 1. The highest BCUT2D eigenvalue weighted by atomic mass is 19.1. The van der Waals surface area contributed by atoms with Gasteiger partial charge in [-0.2, -0.15) is 0 Å². The fraction of sp³-hybridized carbons (Fsp3) is 0.529. The third-order valence-corrected chi connectivity index (χ3v) is 4.54. The summed E-state index contributed by atoms with van der Waals surface area (Å²) in [6, 6.07) is 3.02. The summed E-state index contributed by atoms with van der Waals surface area (Å²) in [5, 5.41) is 17.4. The first-order valence-electron chi connectivity index (χ1n) is 8.17. The number of phenolic OH excluding ortho intramolecular Hbond substituents is 1. The maximum absolute atomic E-state index is 13.4. The minimum Gasteiger partial charge on any atom is -0.505 e. The smallest absolute Gasteiger partial charge is 0.316 e. The Balaban J connectivity index is 2.04. The zero-order valence-corrected chi connectivity index (χ0v) is 14.0. The molecule has 0 unspecified atom stereocenters. The van der Waals surface area contributed by atoms with E-state index in [2.05, 4.69) is 16.0 Å². The molecule has 1 fully saturated rings. The van der Waals surface area contributed by atoms with Crippen LogP contribution in [0.25, 0.3) is 0 Å².